The van der Waals surface area contributed by atoms with E-state index in [9.17, 15) is 0 Å². The Balaban J connectivity index is 0. The molecular weight excluding hydrogens is 267 g/mol. The maximum atomic E-state index is 2.00. The average molecular weight is 275 g/mol. The molecule has 0 saturated heterocycles. The molecule has 0 aliphatic heterocycles. The van der Waals surface area contributed by atoms with Gasteiger partial charge in [0.25, 0.3) is 0 Å². The maximum Gasteiger partial charge on any atom is 2.00 e. The summed E-state index contributed by atoms with van der Waals surface area (Å²) in [6.07, 6.45) is 0. The van der Waals surface area contributed by atoms with E-state index >= 15 is 0 Å². The molecule has 1 rings (SSSR count). The van der Waals surface area contributed by atoms with Gasteiger partial charge in [0.05, 0.1) is 0 Å². The average Bonchev–Trinajstić information content (AvgIpc) is 1.76. The molecule has 1 heteroatoms. The summed E-state index contributed by atoms with van der Waals surface area (Å²) >= 11 is 0. The molecule has 0 heterocycles. The smallest absolute Gasteiger partial charge is 0.358 e. The van der Waals surface area contributed by atoms with E-state index in [-0.39, 0.29) is 28.5 Å². The van der Waals surface area contributed by atoms with Gasteiger partial charge in [-0.3, -0.25) is 0 Å². The van der Waals surface area contributed by atoms with Crippen LogP contribution in [0.5, 0.6) is 0 Å². The van der Waals surface area contributed by atoms with Crippen LogP contribution in [0.2, 0.25) is 0 Å². The van der Waals surface area contributed by atoms with Gasteiger partial charge in [0, 0.05) is 0 Å². The van der Waals surface area contributed by atoms with Crippen molar-refractivity contribution >= 4 is 0 Å². The summed E-state index contributed by atoms with van der Waals surface area (Å²) in [4.78, 5) is 0. The molecule has 0 N–H and O–H groups in total. The van der Waals surface area contributed by atoms with Crippen LogP contribution in [0, 0.1) is 7.43 Å². The second-order valence-corrected chi connectivity index (χ2v) is 0.962. The van der Waals surface area contributed by atoms with E-state index in [1.807, 2.05) is 30.3 Å². The topological polar surface area (TPSA) is 0 Å². The largest absolute Gasteiger partial charge is 2.00 e. The third-order valence-electron chi connectivity index (χ3n) is 0.556. The Kier molecular flexibility index (Phi) is 8.72. The van der Waals surface area contributed by atoms with E-state index in [2.05, 4.69) is 0 Å². The molecule has 7 heavy (non-hydrogen) atoms. The molecule has 0 aliphatic carbocycles. The molecule has 0 unspecified atom stereocenters. The molecule has 0 radical (unpaired) electrons. The third-order valence-corrected chi connectivity index (χ3v) is 0.556. The van der Waals surface area contributed by atoms with E-state index < -0.39 is 0 Å². The van der Waals surface area contributed by atoms with Crippen molar-refractivity contribution in [1.82, 2.24) is 0 Å². The van der Waals surface area contributed by atoms with Crippen LogP contribution in [0.3, 0.4) is 0 Å². The zero-order chi connectivity index (χ0) is 3.54. The molecule has 0 nitrogen and oxygen atoms in total. The van der Waals surface area contributed by atoms with Gasteiger partial charge >= 0.3 is 21.1 Å². The minimum atomic E-state index is 0. The van der Waals surface area contributed by atoms with Crippen molar-refractivity contribution in [3.05, 3.63) is 37.8 Å². The molecule has 0 amide bonds. The van der Waals surface area contributed by atoms with Crippen molar-refractivity contribution in [2.45, 2.75) is 0 Å². The first kappa shape index (κ1) is 10.1. The molecule has 0 bridgehead atoms. The molecular formula is C6H8Pt. The summed E-state index contributed by atoms with van der Waals surface area (Å²) in [7, 11) is 0. The van der Waals surface area contributed by atoms with E-state index in [0.717, 1.165) is 0 Å². The van der Waals surface area contributed by atoms with Crippen molar-refractivity contribution in [3.63, 3.8) is 0 Å². The standard InChI is InChI=1S/C5H5.CH3.Pt/c1-2-4-5-3-1;;/h1-5H;1H3;/q2*-1;+2. The molecule has 0 atom stereocenters. The molecule has 1 aromatic rings. The van der Waals surface area contributed by atoms with Gasteiger partial charge in [-0.15, -0.1) is 0 Å². The monoisotopic (exact) mass is 275 g/mol. The summed E-state index contributed by atoms with van der Waals surface area (Å²) in [6, 6.07) is 10.0. The van der Waals surface area contributed by atoms with Crippen molar-refractivity contribution in [2.24, 2.45) is 0 Å². The van der Waals surface area contributed by atoms with Crippen LogP contribution < -0.4 is 0 Å². The van der Waals surface area contributed by atoms with Crippen molar-refractivity contribution in [3.8, 4) is 0 Å². The van der Waals surface area contributed by atoms with Gasteiger partial charge < -0.3 is 7.43 Å². The van der Waals surface area contributed by atoms with Gasteiger partial charge in [-0.05, 0) is 0 Å². The molecule has 0 saturated carbocycles. The minimum Gasteiger partial charge on any atom is -0.358 e. The second-order valence-electron chi connectivity index (χ2n) is 0.962. The number of rotatable bonds is 0. The summed E-state index contributed by atoms with van der Waals surface area (Å²) in [5.74, 6) is 0. The first-order chi connectivity index (χ1) is 2.50. The van der Waals surface area contributed by atoms with Crippen LogP contribution in [0.25, 0.3) is 0 Å². The fourth-order valence-corrected chi connectivity index (χ4v) is 0.321. The van der Waals surface area contributed by atoms with Crippen LogP contribution in [-0.2, 0) is 21.1 Å². The zero-order valence-electron chi connectivity index (χ0n) is 4.20. The number of hydrogen-bond donors (Lipinski definition) is 0. The molecule has 42 valence electrons. The predicted octanol–water partition coefficient (Wildman–Crippen LogP) is 1.85. The van der Waals surface area contributed by atoms with Crippen LogP contribution >= 0.6 is 0 Å². The van der Waals surface area contributed by atoms with Gasteiger partial charge in [-0.25, -0.2) is 12.1 Å². The molecule has 0 aliphatic rings. The Hall–Kier alpha value is 0.0383. The van der Waals surface area contributed by atoms with Crippen LogP contribution in [0.15, 0.2) is 30.3 Å². The van der Waals surface area contributed by atoms with Crippen LogP contribution in [0.1, 0.15) is 0 Å². The fraction of sp³-hybridized carbons (Fsp3) is 0. The van der Waals surface area contributed by atoms with E-state index in [0.29, 0.717) is 0 Å². The maximum absolute atomic E-state index is 2.00. The van der Waals surface area contributed by atoms with Gasteiger partial charge in [0.1, 0.15) is 0 Å². The minimum absolute atomic E-state index is 0. The summed E-state index contributed by atoms with van der Waals surface area (Å²) < 4.78 is 0. The Morgan fingerprint density at radius 1 is 1.00 bits per heavy atom. The quantitative estimate of drug-likeness (QED) is 0.634. The summed E-state index contributed by atoms with van der Waals surface area (Å²) in [6.45, 7) is 0. The Labute approximate surface area is 59.2 Å². The summed E-state index contributed by atoms with van der Waals surface area (Å²) in [5, 5.41) is 0. The van der Waals surface area contributed by atoms with Gasteiger partial charge in [0.15, 0.2) is 0 Å². The first-order valence-corrected chi connectivity index (χ1v) is 1.67. The van der Waals surface area contributed by atoms with Crippen LogP contribution in [0.4, 0.5) is 0 Å². The van der Waals surface area contributed by atoms with Gasteiger partial charge in [-0.1, -0.05) is 0 Å². The third kappa shape index (κ3) is 3.88. The van der Waals surface area contributed by atoms with Crippen molar-refractivity contribution in [2.75, 3.05) is 0 Å². The van der Waals surface area contributed by atoms with Crippen LogP contribution in [-0.4, -0.2) is 0 Å². The number of hydrogen-bond acceptors (Lipinski definition) is 0. The van der Waals surface area contributed by atoms with Gasteiger partial charge in [0.2, 0.25) is 0 Å². The Morgan fingerprint density at radius 2 is 1.43 bits per heavy atom. The van der Waals surface area contributed by atoms with E-state index in [1.54, 1.807) is 0 Å². The van der Waals surface area contributed by atoms with E-state index in [4.69, 9.17) is 0 Å². The summed E-state index contributed by atoms with van der Waals surface area (Å²) in [5.41, 5.74) is 0. The normalized spacial score (nSPS) is 5.71. The van der Waals surface area contributed by atoms with Gasteiger partial charge in [-0.2, -0.15) is 18.2 Å². The predicted molar refractivity (Wildman–Crippen MR) is 28.4 cm³/mol. The molecule has 0 fully saturated rings. The fourth-order valence-electron chi connectivity index (χ4n) is 0.321. The van der Waals surface area contributed by atoms with Crippen molar-refractivity contribution < 1.29 is 21.1 Å². The zero-order valence-corrected chi connectivity index (χ0v) is 6.48. The Morgan fingerprint density at radius 3 is 1.57 bits per heavy atom. The molecule has 0 aromatic heterocycles. The molecule has 1 aromatic carbocycles. The second kappa shape index (κ2) is 6.04. The first-order valence-electron chi connectivity index (χ1n) is 1.67. The Bertz CT molecular complexity index is 60.7. The SMILES string of the molecule is [CH3-].[Pt+2].c1cc[cH-]c1. The van der Waals surface area contributed by atoms with Crippen molar-refractivity contribution in [1.29, 1.82) is 0 Å². The molecule has 0 spiro atoms. The van der Waals surface area contributed by atoms with E-state index in [1.165, 1.54) is 0 Å².